The number of ether oxygens (including phenoxy) is 1. The van der Waals surface area contributed by atoms with Crippen molar-refractivity contribution in [2.75, 3.05) is 7.11 Å². The van der Waals surface area contributed by atoms with Crippen molar-refractivity contribution in [1.29, 1.82) is 0 Å². The Morgan fingerprint density at radius 1 is 1.19 bits per heavy atom. The zero-order chi connectivity index (χ0) is 14.7. The standard InChI is InChI=1S/C16H17N3OS/c1-20-12-8-6-11(7-9-12)14(19-17)10-16-18-13-4-2-3-5-15(13)21-16/h2-9,14,19H,10,17H2,1H3. The van der Waals surface area contributed by atoms with E-state index in [0.717, 1.165) is 28.3 Å². The van der Waals surface area contributed by atoms with Crippen LogP contribution in [0.5, 0.6) is 5.75 Å². The summed E-state index contributed by atoms with van der Waals surface area (Å²) in [6.45, 7) is 0. The van der Waals surface area contributed by atoms with Crippen molar-refractivity contribution in [3.05, 3.63) is 59.1 Å². The summed E-state index contributed by atoms with van der Waals surface area (Å²) in [7, 11) is 1.66. The lowest BCUT2D eigenvalue weighted by atomic mass is 10.0. The molecule has 5 heteroatoms. The maximum Gasteiger partial charge on any atom is 0.118 e. The zero-order valence-electron chi connectivity index (χ0n) is 11.7. The Morgan fingerprint density at radius 3 is 2.62 bits per heavy atom. The van der Waals surface area contributed by atoms with Gasteiger partial charge in [-0.3, -0.25) is 11.3 Å². The molecule has 0 aliphatic carbocycles. The minimum atomic E-state index is 0.0384. The van der Waals surface area contributed by atoms with Gasteiger partial charge >= 0.3 is 0 Å². The van der Waals surface area contributed by atoms with E-state index >= 15 is 0 Å². The topological polar surface area (TPSA) is 60.2 Å². The fourth-order valence-corrected chi connectivity index (χ4v) is 3.30. The molecule has 1 heterocycles. The van der Waals surface area contributed by atoms with Gasteiger partial charge in [0.25, 0.3) is 0 Å². The molecule has 108 valence electrons. The number of nitrogens with one attached hydrogen (secondary N) is 1. The summed E-state index contributed by atoms with van der Waals surface area (Å²) < 4.78 is 6.39. The van der Waals surface area contributed by atoms with E-state index in [1.165, 1.54) is 4.70 Å². The zero-order valence-corrected chi connectivity index (χ0v) is 12.6. The number of rotatable bonds is 5. The summed E-state index contributed by atoms with van der Waals surface area (Å²) in [5.41, 5.74) is 5.04. The maximum atomic E-state index is 5.71. The molecule has 0 bridgehead atoms. The fourth-order valence-electron chi connectivity index (χ4n) is 2.29. The van der Waals surface area contributed by atoms with Gasteiger partial charge in [0.1, 0.15) is 5.75 Å². The van der Waals surface area contributed by atoms with E-state index in [2.05, 4.69) is 16.5 Å². The number of hydrogen-bond acceptors (Lipinski definition) is 5. The van der Waals surface area contributed by atoms with E-state index in [1.807, 2.05) is 42.5 Å². The average molecular weight is 299 g/mol. The summed E-state index contributed by atoms with van der Waals surface area (Å²) in [5, 5.41) is 1.08. The molecule has 0 aliphatic rings. The number of aromatic nitrogens is 1. The quantitative estimate of drug-likeness (QED) is 0.561. The van der Waals surface area contributed by atoms with Gasteiger partial charge in [-0.05, 0) is 29.8 Å². The first kappa shape index (κ1) is 14.0. The molecule has 1 aromatic heterocycles. The van der Waals surface area contributed by atoms with E-state index in [0.29, 0.717) is 0 Å². The molecular formula is C16H17N3OS. The smallest absolute Gasteiger partial charge is 0.118 e. The molecular weight excluding hydrogens is 282 g/mol. The van der Waals surface area contributed by atoms with Crippen LogP contribution in [0.25, 0.3) is 10.2 Å². The summed E-state index contributed by atoms with van der Waals surface area (Å²) >= 11 is 1.71. The van der Waals surface area contributed by atoms with Gasteiger partial charge in [0.05, 0.1) is 28.4 Å². The number of fused-ring (bicyclic) bond motifs is 1. The van der Waals surface area contributed by atoms with Gasteiger partial charge in [-0.1, -0.05) is 24.3 Å². The summed E-state index contributed by atoms with van der Waals surface area (Å²) in [4.78, 5) is 4.66. The highest BCUT2D eigenvalue weighted by Gasteiger charge is 2.13. The molecule has 0 aliphatic heterocycles. The molecule has 0 fully saturated rings. The van der Waals surface area contributed by atoms with Gasteiger partial charge in [-0.25, -0.2) is 4.98 Å². The summed E-state index contributed by atoms with van der Waals surface area (Å²) in [5.74, 6) is 6.56. The summed E-state index contributed by atoms with van der Waals surface area (Å²) in [6.07, 6.45) is 0.766. The molecule has 2 aromatic carbocycles. The first-order valence-corrected chi connectivity index (χ1v) is 7.56. The third kappa shape index (κ3) is 3.05. The molecule has 0 radical (unpaired) electrons. The minimum absolute atomic E-state index is 0.0384. The van der Waals surface area contributed by atoms with Crippen molar-refractivity contribution in [3.63, 3.8) is 0 Å². The third-order valence-electron chi connectivity index (χ3n) is 3.44. The third-order valence-corrected chi connectivity index (χ3v) is 4.49. The van der Waals surface area contributed by atoms with Gasteiger partial charge in [0, 0.05) is 6.42 Å². The minimum Gasteiger partial charge on any atom is -0.497 e. The van der Waals surface area contributed by atoms with Crippen LogP contribution in [0.1, 0.15) is 16.6 Å². The van der Waals surface area contributed by atoms with Crippen LogP contribution >= 0.6 is 11.3 Å². The second kappa shape index (κ2) is 6.22. The highest BCUT2D eigenvalue weighted by molar-refractivity contribution is 7.18. The highest BCUT2D eigenvalue weighted by atomic mass is 32.1. The Hall–Kier alpha value is -1.95. The van der Waals surface area contributed by atoms with Crippen molar-refractivity contribution >= 4 is 21.6 Å². The first-order valence-electron chi connectivity index (χ1n) is 6.74. The van der Waals surface area contributed by atoms with E-state index in [4.69, 9.17) is 10.6 Å². The van der Waals surface area contributed by atoms with E-state index < -0.39 is 0 Å². The number of hydrazine groups is 1. The number of para-hydroxylation sites is 1. The normalized spacial score (nSPS) is 12.5. The Labute approximate surface area is 127 Å². The van der Waals surface area contributed by atoms with Crippen molar-refractivity contribution in [2.45, 2.75) is 12.5 Å². The molecule has 0 saturated heterocycles. The van der Waals surface area contributed by atoms with E-state index in [9.17, 15) is 0 Å². The molecule has 1 atom stereocenters. The van der Waals surface area contributed by atoms with Crippen LogP contribution in [-0.4, -0.2) is 12.1 Å². The Kier molecular flexibility index (Phi) is 4.15. The van der Waals surface area contributed by atoms with Crippen LogP contribution in [0.15, 0.2) is 48.5 Å². The van der Waals surface area contributed by atoms with Crippen molar-refractivity contribution in [2.24, 2.45) is 5.84 Å². The van der Waals surface area contributed by atoms with Crippen LogP contribution in [0.4, 0.5) is 0 Å². The van der Waals surface area contributed by atoms with Gasteiger partial charge < -0.3 is 4.74 Å². The lowest BCUT2D eigenvalue weighted by Crippen LogP contribution is -2.29. The second-order valence-corrected chi connectivity index (χ2v) is 5.89. The number of nitrogens with zero attached hydrogens (tertiary/aromatic N) is 1. The SMILES string of the molecule is COc1ccc(C(Cc2nc3ccccc3s2)NN)cc1. The molecule has 0 saturated carbocycles. The Bertz CT molecular complexity index is 691. The van der Waals surface area contributed by atoms with Gasteiger partial charge in [-0.2, -0.15) is 0 Å². The number of thiazole rings is 1. The summed E-state index contributed by atoms with van der Waals surface area (Å²) in [6, 6.07) is 16.1. The largest absolute Gasteiger partial charge is 0.497 e. The van der Waals surface area contributed by atoms with Gasteiger partial charge in [0.2, 0.25) is 0 Å². The predicted molar refractivity (Wildman–Crippen MR) is 86.4 cm³/mol. The fraction of sp³-hybridized carbons (Fsp3) is 0.188. The Balaban J connectivity index is 1.82. The monoisotopic (exact) mass is 299 g/mol. The van der Waals surface area contributed by atoms with Crippen LogP contribution in [0.3, 0.4) is 0 Å². The van der Waals surface area contributed by atoms with Crippen LogP contribution in [0.2, 0.25) is 0 Å². The molecule has 3 N–H and O–H groups in total. The van der Waals surface area contributed by atoms with E-state index in [-0.39, 0.29) is 6.04 Å². The molecule has 0 amide bonds. The van der Waals surface area contributed by atoms with Crippen molar-refractivity contribution in [3.8, 4) is 5.75 Å². The first-order chi connectivity index (χ1) is 10.3. The molecule has 1 unspecified atom stereocenters. The molecule has 3 rings (SSSR count). The lowest BCUT2D eigenvalue weighted by molar-refractivity contribution is 0.414. The Morgan fingerprint density at radius 2 is 1.95 bits per heavy atom. The average Bonchev–Trinajstić information content (AvgIpc) is 2.95. The van der Waals surface area contributed by atoms with Crippen molar-refractivity contribution in [1.82, 2.24) is 10.4 Å². The van der Waals surface area contributed by atoms with Gasteiger partial charge in [0.15, 0.2) is 0 Å². The maximum absolute atomic E-state index is 5.71. The molecule has 3 aromatic rings. The lowest BCUT2D eigenvalue weighted by Gasteiger charge is -2.15. The second-order valence-electron chi connectivity index (χ2n) is 4.77. The van der Waals surface area contributed by atoms with Crippen LogP contribution in [0, 0.1) is 0 Å². The van der Waals surface area contributed by atoms with Crippen LogP contribution < -0.4 is 16.0 Å². The highest BCUT2D eigenvalue weighted by Crippen LogP contribution is 2.26. The van der Waals surface area contributed by atoms with E-state index in [1.54, 1.807) is 18.4 Å². The molecule has 4 nitrogen and oxygen atoms in total. The predicted octanol–water partition coefficient (Wildman–Crippen LogP) is 3.05. The molecule has 0 spiro atoms. The number of nitrogens with two attached hydrogens (primary N) is 1. The molecule has 21 heavy (non-hydrogen) atoms. The number of methoxy groups -OCH3 is 1. The number of benzene rings is 2. The van der Waals surface area contributed by atoms with Crippen molar-refractivity contribution < 1.29 is 4.74 Å². The number of hydrogen-bond donors (Lipinski definition) is 2. The van der Waals surface area contributed by atoms with Crippen LogP contribution in [-0.2, 0) is 6.42 Å². The van der Waals surface area contributed by atoms with Gasteiger partial charge in [-0.15, -0.1) is 11.3 Å².